The van der Waals surface area contributed by atoms with E-state index in [1.54, 1.807) is 17.8 Å². The Hall–Kier alpha value is -4.37. The van der Waals surface area contributed by atoms with Crippen molar-refractivity contribution >= 4 is 23.4 Å². The molecule has 7 nitrogen and oxygen atoms in total. The van der Waals surface area contributed by atoms with Crippen molar-refractivity contribution in [1.82, 2.24) is 10.3 Å². The van der Waals surface area contributed by atoms with E-state index in [2.05, 4.69) is 21.7 Å². The zero-order chi connectivity index (χ0) is 31.8. The lowest BCUT2D eigenvalue weighted by Crippen LogP contribution is -2.46. The molecule has 45 heavy (non-hydrogen) atoms. The first kappa shape index (κ1) is 32.0. The molecule has 1 aliphatic rings. The second-order valence-electron chi connectivity index (χ2n) is 10.8. The second kappa shape index (κ2) is 15.1. The first-order valence-corrected chi connectivity index (χ1v) is 15.5. The van der Waals surface area contributed by atoms with E-state index < -0.39 is 35.3 Å². The maximum Gasteiger partial charge on any atom is 0.240 e. The van der Waals surface area contributed by atoms with E-state index in [4.69, 9.17) is 15.7 Å². The number of carbonyl (C=O) groups is 1. The van der Waals surface area contributed by atoms with Gasteiger partial charge in [-0.1, -0.05) is 30.3 Å². The topological polar surface area (TPSA) is 113 Å². The molecule has 4 aromatic rings. The number of primary amides is 1. The largest absolute Gasteiger partial charge is 0.371 e. The van der Waals surface area contributed by atoms with Gasteiger partial charge in [0.1, 0.15) is 23.5 Å². The van der Waals surface area contributed by atoms with Gasteiger partial charge in [-0.15, -0.1) is 11.8 Å². The fourth-order valence-corrected chi connectivity index (χ4v) is 6.40. The van der Waals surface area contributed by atoms with Crippen molar-refractivity contribution in [2.24, 2.45) is 5.73 Å². The van der Waals surface area contributed by atoms with Crippen LogP contribution in [0.25, 0.3) is 0 Å². The number of ether oxygens (including phenoxy) is 1. The van der Waals surface area contributed by atoms with Crippen molar-refractivity contribution in [3.63, 3.8) is 0 Å². The van der Waals surface area contributed by atoms with Gasteiger partial charge in [-0.3, -0.25) is 9.78 Å². The smallest absolute Gasteiger partial charge is 0.240 e. The molecule has 4 N–H and O–H groups in total. The Morgan fingerprint density at radius 3 is 2.33 bits per heavy atom. The van der Waals surface area contributed by atoms with E-state index in [9.17, 15) is 13.6 Å². The third-order valence-corrected chi connectivity index (χ3v) is 8.78. The highest BCUT2D eigenvalue weighted by Gasteiger charge is 2.31. The standard InChI is InChI=1S/C34H32F3N5O2S/c35-24-8-4-22(5-9-24)32(23-6-10-25(36)11-7-23)33(34(39)43)42-31-19-41-18-30(37)29(31)13-12-26-16-40-17-27(44-26)20-45-28-3-1-2-21(14-28)15-38/h1-11,14,18-19,26-27,32-33,40,42H,12-13,16-17,20H2,(H2,39,43)/t26-,27+,33+/m1/s1. The van der Waals surface area contributed by atoms with Crippen LogP contribution in [0.3, 0.4) is 0 Å². The number of benzene rings is 3. The first-order chi connectivity index (χ1) is 21.8. The molecule has 1 amide bonds. The van der Waals surface area contributed by atoms with Gasteiger partial charge in [0.05, 0.1) is 41.9 Å². The quantitative estimate of drug-likeness (QED) is 0.176. The van der Waals surface area contributed by atoms with E-state index in [0.717, 1.165) is 11.1 Å². The number of rotatable bonds is 12. The Bertz CT molecular complexity index is 1600. The predicted molar refractivity (Wildman–Crippen MR) is 167 cm³/mol. The summed E-state index contributed by atoms with van der Waals surface area (Å²) in [6.07, 6.45) is 3.07. The number of halogens is 3. The number of nitrogens with zero attached hydrogens (tertiary/aromatic N) is 2. The number of nitriles is 1. The summed E-state index contributed by atoms with van der Waals surface area (Å²) in [5.74, 6) is -2.24. The highest BCUT2D eigenvalue weighted by Crippen LogP contribution is 2.32. The first-order valence-electron chi connectivity index (χ1n) is 14.5. The highest BCUT2D eigenvalue weighted by molar-refractivity contribution is 7.99. The molecule has 0 saturated carbocycles. The van der Waals surface area contributed by atoms with Gasteiger partial charge in [-0.25, -0.2) is 13.2 Å². The van der Waals surface area contributed by atoms with Crippen LogP contribution in [0.4, 0.5) is 18.9 Å². The molecule has 3 aromatic carbocycles. The SMILES string of the molecule is N#Cc1cccc(SC[C@@H]2CNC[C@@H](CCc3c(F)cncc3N[C@H](C(N)=O)C(c3ccc(F)cc3)c3ccc(F)cc3)O2)c1. The highest BCUT2D eigenvalue weighted by atomic mass is 32.2. The van der Waals surface area contributed by atoms with Gasteiger partial charge in [0, 0.05) is 35.2 Å². The molecule has 0 unspecified atom stereocenters. The summed E-state index contributed by atoms with van der Waals surface area (Å²) in [7, 11) is 0. The number of anilines is 1. The number of hydrogen-bond donors (Lipinski definition) is 3. The van der Waals surface area contributed by atoms with E-state index in [1.165, 1.54) is 54.7 Å². The number of carbonyl (C=O) groups excluding carboxylic acids is 1. The fraction of sp³-hybridized carbons (Fsp3) is 0.265. The number of pyridine rings is 1. The molecule has 11 heteroatoms. The number of amides is 1. The molecular weight excluding hydrogens is 599 g/mol. The molecular formula is C34H32F3N5O2S. The summed E-state index contributed by atoms with van der Waals surface area (Å²) >= 11 is 1.61. The number of thioether (sulfide) groups is 1. The Balaban J connectivity index is 1.31. The van der Waals surface area contributed by atoms with E-state index >= 15 is 4.39 Å². The van der Waals surface area contributed by atoms with E-state index in [-0.39, 0.29) is 18.6 Å². The minimum absolute atomic E-state index is 0.0780. The van der Waals surface area contributed by atoms with Crippen LogP contribution in [0, 0.1) is 28.8 Å². The molecule has 1 saturated heterocycles. The van der Waals surface area contributed by atoms with Gasteiger partial charge in [-0.05, 0) is 66.4 Å². The number of nitrogens with one attached hydrogen (secondary N) is 2. The van der Waals surface area contributed by atoms with Crippen molar-refractivity contribution in [3.8, 4) is 6.07 Å². The van der Waals surface area contributed by atoms with Crippen LogP contribution in [-0.4, -0.2) is 48.0 Å². The van der Waals surface area contributed by atoms with Crippen LogP contribution in [0.2, 0.25) is 0 Å². The Morgan fingerprint density at radius 1 is 1.02 bits per heavy atom. The average Bonchev–Trinajstić information content (AvgIpc) is 3.05. The number of nitrogens with two attached hydrogens (primary N) is 1. The van der Waals surface area contributed by atoms with Crippen LogP contribution in [0.5, 0.6) is 0 Å². The zero-order valence-corrected chi connectivity index (χ0v) is 25.1. The Morgan fingerprint density at radius 2 is 1.69 bits per heavy atom. The third-order valence-electron chi connectivity index (χ3n) is 7.66. The Labute approximate surface area is 264 Å². The second-order valence-corrected chi connectivity index (χ2v) is 11.9. The molecule has 0 aliphatic carbocycles. The lowest BCUT2D eigenvalue weighted by Gasteiger charge is -2.31. The maximum absolute atomic E-state index is 15.3. The van der Waals surface area contributed by atoms with Crippen LogP contribution in [0.1, 0.15) is 34.6 Å². The fourth-order valence-electron chi connectivity index (χ4n) is 5.44. The van der Waals surface area contributed by atoms with Crippen LogP contribution in [-0.2, 0) is 16.0 Å². The molecule has 232 valence electrons. The minimum atomic E-state index is -1.10. The average molecular weight is 632 g/mol. The van der Waals surface area contributed by atoms with Crippen molar-refractivity contribution in [3.05, 3.63) is 125 Å². The van der Waals surface area contributed by atoms with Gasteiger partial charge >= 0.3 is 0 Å². The zero-order valence-electron chi connectivity index (χ0n) is 24.3. The molecule has 3 atom stereocenters. The van der Waals surface area contributed by atoms with Crippen molar-refractivity contribution < 1.29 is 22.7 Å². The van der Waals surface area contributed by atoms with Crippen LogP contribution < -0.4 is 16.4 Å². The number of aromatic nitrogens is 1. The monoisotopic (exact) mass is 631 g/mol. The third kappa shape index (κ3) is 8.42. The maximum atomic E-state index is 15.3. The van der Waals surface area contributed by atoms with E-state index in [1.807, 2.05) is 18.2 Å². The van der Waals surface area contributed by atoms with E-state index in [0.29, 0.717) is 53.2 Å². The summed E-state index contributed by atoms with van der Waals surface area (Å²) in [5, 5.41) is 15.7. The van der Waals surface area contributed by atoms with Crippen molar-refractivity contribution in [2.45, 2.75) is 41.9 Å². The van der Waals surface area contributed by atoms with Gasteiger partial charge in [0.15, 0.2) is 0 Å². The molecule has 0 bridgehead atoms. The summed E-state index contributed by atoms with van der Waals surface area (Å²) in [6, 6.07) is 19.7. The van der Waals surface area contributed by atoms with Crippen molar-refractivity contribution in [1.29, 1.82) is 5.26 Å². The summed E-state index contributed by atoms with van der Waals surface area (Å²) < 4.78 is 49.1. The molecule has 0 radical (unpaired) electrons. The normalized spacial score (nSPS) is 17.0. The predicted octanol–water partition coefficient (Wildman–Crippen LogP) is 5.55. The van der Waals surface area contributed by atoms with Crippen molar-refractivity contribution in [2.75, 3.05) is 24.2 Å². The van der Waals surface area contributed by atoms with Gasteiger partial charge in [0.2, 0.25) is 5.91 Å². The molecule has 5 rings (SSSR count). The van der Waals surface area contributed by atoms with Gasteiger partial charge < -0.3 is 21.1 Å². The van der Waals surface area contributed by atoms with Gasteiger partial charge in [-0.2, -0.15) is 5.26 Å². The molecule has 1 fully saturated rings. The van der Waals surface area contributed by atoms with Crippen LogP contribution in [0.15, 0.2) is 90.1 Å². The van der Waals surface area contributed by atoms with Crippen LogP contribution >= 0.6 is 11.8 Å². The number of hydrogen-bond acceptors (Lipinski definition) is 7. The number of morpholine rings is 1. The minimum Gasteiger partial charge on any atom is -0.371 e. The summed E-state index contributed by atoms with van der Waals surface area (Å²) in [4.78, 5) is 17.9. The Kier molecular flexibility index (Phi) is 10.7. The van der Waals surface area contributed by atoms with Gasteiger partial charge in [0.25, 0.3) is 0 Å². The lowest BCUT2D eigenvalue weighted by molar-refractivity contribution is -0.119. The molecule has 2 heterocycles. The molecule has 1 aliphatic heterocycles. The summed E-state index contributed by atoms with van der Waals surface area (Å²) in [6.45, 7) is 1.27. The lowest BCUT2D eigenvalue weighted by atomic mass is 9.84. The summed E-state index contributed by atoms with van der Waals surface area (Å²) in [5.41, 5.74) is 8.24. The molecule has 1 aromatic heterocycles. The molecule has 0 spiro atoms.